The molecule has 2 atom stereocenters. The number of aryl methyl sites for hydroxylation is 1. The lowest BCUT2D eigenvalue weighted by Gasteiger charge is -2.24. The molecule has 2 fully saturated rings. The molecule has 0 aliphatic carbocycles. The van der Waals surface area contributed by atoms with Gasteiger partial charge in [-0.05, 0) is 24.5 Å². The van der Waals surface area contributed by atoms with Crippen LogP contribution in [0.3, 0.4) is 0 Å². The number of ether oxygens (including phenoxy) is 1. The monoisotopic (exact) mass is 346 g/mol. The summed E-state index contributed by atoms with van der Waals surface area (Å²) in [5.41, 5.74) is 1.38. The fourth-order valence-corrected chi connectivity index (χ4v) is 3.33. The summed E-state index contributed by atoms with van der Waals surface area (Å²) in [7, 11) is 0. The van der Waals surface area contributed by atoms with Crippen LogP contribution in [-0.2, 0) is 4.74 Å². The van der Waals surface area contributed by atoms with E-state index in [9.17, 15) is 14.9 Å². The SMILES string of the molecule is Cc1ccccc1C(=O)N1CCN(CC2COCC2C)C1=N[N+](=O)[O-]. The summed E-state index contributed by atoms with van der Waals surface area (Å²) in [6.07, 6.45) is 0. The third-order valence-electron chi connectivity index (χ3n) is 4.88. The van der Waals surface area contributed by atoms with E-state index in [-0.39, 0.29) is 17.8 Å². The molecule has 2 aliphatic heterocycles. The molecule has 3 rings (SSSR count). The minimum Gasteiger partial charge on any atom is -0.381 e. The van der Waals surface area contributed by atoms with E-state index in [0.717, 1.165) is 5.56 Å². The zero-order valence-corrected chi connectivity index (χ0v) is 14.4. The molecule has 2 aliphatic rings. The van der Waals surface area contributed by atoms with Crippen molar-refractivity contribution in [2.45, 2.75) is 13.8 Å². The average Bonchev–Trinajstić information content (AvgIpc) is 3.14. The van der Waals surface area contributed by atoms with Gasteiger partial charge in [-0.3, -0.25) is 9.69 Å². The molecule has 25 heavy (non-hydrogen) atoms. The topological polar surface area (TPSA) is 88.3 Å². The van der Waals surface area contributed by atoms with Crippen molar-refractivity contribution >= 4 is 11.9 Å². The molecular formula is C17H22N4O4. The Balaban J connectivity index is 1.83. The second-order valence-corrected chi connectivity index (χ2v) is 6.63. The van der Waals surface area contributed by atoms with E-state index < -0.39 is 5.03 Å². The van der Waals surface area contributed by atoms with E-state index in [0.29, 0.717) is 44.3 Å². The number of rotatable bonds is 4. The van der Waals surface area contributed by atoms with Crippen LogP contribution in [-0.4, -0.2) is 59.5 Å². The Morgan fingerprint density at radius 3 is 2.76 bits per heavy atom. The number of nitro groups is 1. The third kappa shape index (κ3) is 3.63. The van der Waals surface area contributed by atoms with Gasteiger partial charge in [-0.25, -0.2) is 10.1 Å². The van der Waals surface area contributed by atoms with E-state index in [4.69, 9.17) is 4.74 Å². The second-order valence-electron chi connectivity index (χ2n) is 6.63. The van der Waals surface area contributed by atoms with Crippen LogP contribution in [0.15, 0.2) is 29.4 Å². The minimum absolute atomic E-state index is 0.123. The molecule has 0 radical (unpaired) electrons. The first-order valence-electron chi connectivity index (χ1n) is 8.40. The first-order chi connectivity index (χ1) is 12.0. The minimum atomic E-state index is -0.736. The number of hydrogen-bond donors (Lipinski definition) is 0. The Labute approximate surface area is 146 Å². The lowest BCUT2D eigenvalue weighted by atomic mass is 9.98. The van der Waals surface area contributed by atoms with Gasteiger partial charge in [-0.2, -0.15) is 0 Å². The zero-order valence-electron chi connectivity index (χ0n) is 14.4. The van der Waals surface area contributed by atoms with Crippen LogP contribution in [0, 0.1) is 28.9 Å². The first-order valence-corrected chi connectivity index (χ1v) is 8.40. The number of nitrogens with zero attached hydrogens (tertiary/aromatic N) is 4. The predicted octanol–water partition coefficient (Wildman–Crippen LogP) is 1.58. The van der Waals surface area contributed by atoms with E-state index in [2.05, 4.69) is 12.0 Å². The number of guanidine groups is 1. The number of carbonyl (C=O) groups excluding carboxylic acids is 1. The normalized spacial score (nSPS) is 25.0. The molecule has 1 aromatic carbocycles. The maximum absolute atomic E-state index is 12.9. The second kappa shape index (κ2) is 7.18. The number of hydrazone groups is 1. The van der Waals surface area contributed by atoms with Gasteiger partial charge < -0.3 is 9.64 Å². The van der Waals surface area contributed by atoms with E-state index in [1.165, 1.54) is 4.90 Å². The predicted molar refractivity (Wildman–Crippen MR) is 91.7 cm³/mol. The van der Waals surface area contributed by atoms with Crippen LogP contribution in [0.2, 0.25) is 0 Å². The maximum Gasteiger partial charge on any atom is 0.281 e. The van der Waals surface area contributed by atoms with Crippen molar-refractivity contribution in [3.8, 4) is 0 Å². The Morgan fingerprint density at radius 1 is 1.36 bits per heavy atom. The molecule has 1 amide bonds. The van der Waals surface area contributed by atoms with E-state index in [1.54, 1.807) is 12.1 Å². The molecule has 2 heterocycles. The molecule has 1 aromatic rings. The highest BCUT2D eigenvalue weighted by molar-refractivity contribution is 6.07. The van der Waals surface area contributed by atoms with Crippen molar-refractivity contribution in [3.05, 3.63) is 45.5 Å². The van der Waals surface area contributed by atoms with Crippen molar-refractivity contribution < 1.29 is 14.6 Å². The van der Waals surface area contributed by atoms with Gasteiger partial charge in [0.15, 0.2) is 5.03 Å². The molecule has 0 N–H and O–H groups in total. The van der Waals surface area contributed by atoms with Crippen molar-refractivity contribution in [2.24, 2.45) is 16.9 Å². The molecule has 8 nitrogen and oxygen atoms in total. The van der Waals surface area contributed by atoms with Gasteiger partial charge in [0, 0.05) is 37.7 Å². The van der Waals surface area contributed by atoms with Crippen LogP contribution in [0.5, 0.6) is 0 Å². The summed E-state index contributed by atoms with van der Waals surface area (Å²) in [6, 6.07) is 7.23. The standard InChI is InChI=1S/C17H22N4O4/c1-12-5-3-4-6-15(12)16(22)20-8-7-19(17(20)18-21(23)24)9-14-11-25-10-13(14)2/h3-6,13-14H,7-11H2,1-2H3. The molecule has 0 bridgehead atoms. The van der Waals surface area contributed by atoms with Crippen LogP contribution < -0.4 is 0 Å². The number of amides is 1. The third-order valence-corrected chi connectivity index (χ3v) is 4.88. The van der Waals surface area contributed by atoms with Crippen LogP contribution in [0.4, 0.5) is 0 Å². The number of hydrogen-bond acceptors (Lipinski definition) is 4. The summed E-state index contributed by atoms with van der Waals surface area (Å²) in [6.45, 7) is 6.82. The molecule has 0 spiro atoms. The van der Waals surface area contributed by atoms with Gasteiger partial charge in [0.05, 0.1) is 6.61 Å². The molecule has 2 unspecified atom stereocenters. The Kier molecular flexibility index (Phi) is 4.98. The Bertz CT molecular complexity index is 706. The fourth-order valence-electron chi connectivity index (χ4n) is 3.33. The van der Waals surface area contributed by atoms with Gasteiger partial charge in [0.1, 0.15) is 5.10 Å². The van der Waals surface area contributed by atoms with Gasteiger partial charge in [0.25, 0.3) is 11.9 Å². The number of benzene rings is 1. The molecule has 0 aromatic heterocycles. The van der Waals surface area contributed by atoms with Crippen molar-refractivity contribution in [1.29, 1.82) is 0 Å². The van der Waals surface area contributed by atoms with Crippen molar-refractivity contribution in [2.75, 3.05) is 32.8 Å². The highest BCUT2D eigenvalue weighted by Crippen LogP contribution is 2.24. The average molecular weight is 346 g/mol. The van der Waals surface area contributed by atoms with E-state index >= 15 is 0 Å². The zero-order chi connectivity index (χ0) is 18.0. The first kappa shape index (κ1) is 17.3. The molecular weight excluding hydrogens is 324 g/mol. The van der Waals surface area contributed by atoms with Crippen LogP contribution in [0.25, 0.3) is 0 Å². The van der Waals surface area contributed by atoms with Crippen molar-refractivity contribution in [1.82, 2.24) is 9.80 Å². The highest BCUT2D eigenvalue weighted by Gasteiger charge is 2.37. The summed E-state index contributed by atoms with van der Waals surface area (Å²) < 4.78 is 5.47. The summed E-state index contributed by atoms with van der Waals surface area (Å²) in [5, 5.41) is 13.8. The molecule has 0 saturated carbocycles. The van der Waals surface area contributed by atoms with Crippen LogP contribution in [0.1, 0.15) is 22.8 Å². The summed E-state index contributed by atoms with van der Waals surface area (Å²) >= 11 is 0. The van der Waals surface area contributed by atoms with Crippen LogP contribution >= 0.6 is 0 Å². The van der Waals surface area contributed by atoms with Gasteiger partial charge in [-0.15, -0.1) is 0 Å². The maximum atomic E-state index is 12.9. The van der Waals surface area contributed by atoms with Gasteiger partial charge in [-0.1, -0.05) is 25.1 Å². The Morgan fingerprint density at radius 2 is 2.12 bits per heavy atom. The fraction of sp³-hybridized carbons (Fsp3) is 0.529. The highest BCUT2D eigenvalue weighted by atomic mass is 16.7. The molecule has 134 valence electrons. The number of carbonyl (C=O) groups is 1. The largest absolute Gasteiger partial charge is 0.381 e. The van der Waals surface area contributed by atoms with E-state index in [1.807, 2.05) is 24.0 Å². The van der Waals surface area contributed by atoms with Gasteiger partial charge >= 0.3 is 0 Å². The summed E-state index contributed by atoms with van der Waals surface area (Å²) in [4.78, 5) is 27.1. The molecule has 8 heteroatoms. The molecule has 2 saturated heterocycles. The lowest BCUT2D eigenvalue weighted by molar-refractivity contribution is -0.486. The smallest absolute Gasteiger partial charge is 0.281 e. The quantitative estimate of drug-likeness (QED) is 0.610. The lowest BCUT2D eigenvalue weighted by Crippen LogP contribution is -2.41. The van der Waals surface area contributed by atoms with Crippen molar-refractivity contribution in [3.63, 3.8) is 0 Å². The van der Waals surface area contributed by atoms with Gasteiger partial charge in [0.2, 0.25) is 0 Å². The Hall–Kier alpha value is -2.48. The summed E-state index contributed by atoms with van der Waals surface area (Å²) in [5.74, 6) is 0.540.